The van der Waals surface area contributed by atoms with Crippen molar-refractivity contribution in [3.05, 3.63) is 47.6 Å². The van der Waals surface area contributed by atoms with Crippen molar-refractivity contribution in [2.75, 3.05) is 13.2 Å². The number of ether oxygens (including phenoxy) is 4. The Hall–Kier alpha value is -2.18. The minimum Gasteiger partial charge on any atom is -0.460 e. The Bertz CT molecular complexity index is 988. The Morgan fingerprint density at radius 2 is 1.29 bits per heavy atom. The number of esters is 2. The summed E-state index contributed by atoms with van der Waals surface area (Å²) in [6, 6.07) is 0. The van der Waals surface area contributed by atoms with Crippen LogP contribution in [0.2, 0.25) is 0 Å². The van der Waals surface area contributed by atoms with E-state index in [0.717, 1.165) is 25.7 Å². The lowest BCUT2D eigenvalue weighted by atomic mass is 9.65. The molecule has 6 nitrogen and oxygen atoms in total. The molecule has 2 heterocycles. The highest BCUT2D eigenvalue weighted by Gasteiger charge is 2.49. The molecule has 0 aromatic rings. The van der Waals surface area contributed by atoms with Crippen LogP contribution in [0, 0.1) is 22.7 Å². The van der Waals surface area contributed by atoms with Crippen LogP contribution in [0.3, 0.4) is 0 Å². The summed E-state index contributed by atoms with van der Waals surface area (Å²) < 4.78 is 24.8. The van der Waals surface area contributed by atoms with Gasteiger partial charge in [0.25, 0.3) is 0 Å². The highest BCUT2D eigenvalue weighted by molar-refractivity contribution is 5.90. The minimum atomic E-state index is -0.252. The molecular weight excluding hydrogens is 480 g/mol. The average Bonchev–Trinajstić information content (AvgIpc) is 3.59. The van der Waals surface area contributed by atoms with E-state index in [1.54, 1.807) is 0 Å². The monoisotopic (exact) mass is 526 g/mol. The minimum absolute atomic E-state index is 0.00209. The highest BCUT2D eigenvalue weighted by Crippen LogP contribution is 2.47. The first-order valence-electron chi connectivity index (χ1n) is 14.3. The summed E-state index contributed by atoms with van der Waals surface area (Å²) >= 11 is 0. The van der Waals surface area contributed by atoms with Gasteiger partial charge in [-0.15, -0.1) is 0 Å². The molecular formula is C32H46O6. The molecule has 4 rings (SSSR count). The molecule has 38 heavy (non-hydrogen) atoms. The van der Waals surface area contributed by atoms with Crippen molar-refractivity contribution in [1.82, 2.24) is 0 Å². The van der Waals surface area contributed by atoms with Gasteiger partial charge in [0, 0.05) is 17.1 Å². The van der Waals surface area contributed by atoms with Crippen molar-refractivity contribution in [2.24, 2.45) is 22.7 Å². The number of hydrogen-bond acceptors (Lipinski definition) is 6. The topological polar surface area (TPSA) is 71.1 Å². The van der Waals surface area contributed by atoms with Gasteiger partial charge in [-0.2, -0.15) is 0 Å². The maximum atomic E-state index is 12.5. The molecule has 6 unspecified atom stereocenters. The first-order chi connectivity index (χ1) is 17.9. The zero-order chi connectivity index (χ0) is 27.5. The first kappa shape index (κ1) is 28.8. The molecule has 0 N–H and O–H groups in total. The van der Waals surface area contributed by atoms with Crippen molar-refractivity contribution >= 4 is 11.9 Å². The SMILES string of the molecule is CC(C)(C)C1CCC(COC(=O)C2=CC=CC2)OC1C1CCC(COC(=O)C2=CC=CC2)OC1C(C)(C)C. The van der Waals surface area contributed by atoms with Gasteiger partial charge in [0.1, 0.15) is 13.2 Å². The number of allylic oxidation sites excluding steroid dienone is 6. The largest absolute Gasteiger partial charge is 0.460 e. The Morgan fingerprint density at radius 1 is 0.763 bits per heavy atom. The predicted octanol–water partition coefficient (Wildman–Crippen LogP) is 6.27. The van der Waals surface area contributed by atoms with E-state index in [-0.39, 0.29) is 66.3 Å². The van der Waals surface area contributed by atoms with Gasteiger partial charge in [-0.1, -0.05) is 78.0 Å². The van der Waals surface area contributed by atoms with Crippen LogP contribution in [0.25, 0.3) is 0 Å². The lowest BCUT2D eigenvalue weighted by Crippen LogP contribution is -2.55. The molecule has 0 bridgehead atoms. The second-order valence-electron chi connectivity index (χ2n) is 13.4. The lowest BCUT2D eigenvalue weighted by Gasteiger charge is -2.52. The molecule has 0 amide bonds. The van der Waals surface area contributed by atoms with Crippen LogP contribution in [0.5, 0.6) is 0 Å². The van der Waals surface area contributed by atoms with Crippen LogP contribution in [0.15, 0.2) is 47.6 Å². The third-order valence-corrected chi connectivity index (χ3v) is 8.35. The summed E-state index contributed by atoms with van der Waals surface area (Å²) in [5.74, 6) is 0.0696. The van der Waals surface area contributed by atoms with E-state index in [1.807, 2.05) is 36.5 Å². The van der Waals surface area contributed by atoms with Gasteiger partial charge in [-0.3, -0.25) is 0 Å². The van der Waals surface area contributed by atoms with Gasteiger partial charge >= 0.3 is 11.9 Å². The molecule has 0 aromatic carbocycles. The number of hydrogen-bond donors (Lipinski definition) is 0. The summed E-state index contributed by atoms with van der Waals surface area (Å²) in [5.41, 5.74) is 1.36. The molecule has 2 fully saturated rings. The van der Waals surface area contributed by atoms with Gasteiger partial charge in [0.2, 0.25) is 0 Å². The number of carbonyl (C=O) groups excluding carboxylic acids is 2. The Balaban J connectivity index is 1.42. The van der Waals surface area contributed by atoms with Crippen molar-refractivity contribution in [3.8, 4) is 0 Å². The van der Waals surface area contributed by atoms with Crippen molar-refractivity contribution in [2.45, 2.75) is 104 Å². The van der Waals surface area contributed by atoms with Crippen LogP contribution < -0.4 is 0 Å². The smallest absolute Gasteiger partial charge is 0.334 e. The van der Waals surface area contributed by atoms with Gasteiger partial charge in [-0.25, -0.2) is 9.59 Å². The first-order valence-corrected chi connectivity index (χ1v) is 14.3. The van der Waals surface area contributed by atoms with Crippen LogP contribution >= 0.6 is 0 Å². The van der Waals surface area contributed by atoms with Gasteiger partial charge in [-0.05, 0) is 55.3 Å². The van der Waals surface area contributed by atoms with E-state index in [4.69, 9.17) is 18.9 Å². The van der Waals surface area contributed by atoms with E-state index < -0.39 is 0 Å². The van der Waals surface area contributed by atoms with Crippen molar-refractivity contribution < 1.29 is 28.5 Å². The third kappa shape index (κ3) is 7.06. The number of rotatable bonds is 7. The molecule has 2 saturated heterocycles. The van der Waals surface area contributed by atoms with E-state index in [0.29, 0.717) is 29.9 Å². The molecule has 210 valence electrons. The Morgan fingerprint density at radius 3 is 1.76 bits per heavy atom. The second kappa shape index (κ2) is 11.9. The summed E-state index contributed by atoms with van der Waals surface area (Å²) in [6.07, 6.45) is 16.0. The third-order valence-electron chi connectivity index (χ3n) is 8.35. The highest BCUT2D eigenvalue weighted by atomic mass is 16.6. The van der Waals surface area contributed by atoms with Crippen molar-refractivity contribution in [1.29, 1.82) is 0 Å². The summed E-state index contributed by atoms with van der Waals surface area (Å²) in [6.45, 7) is 14.1. The molecule has 0 radical (unpaired) electrons. The lowest BCUT2D eigenvalue weighted by molar-refractivity contribution is -0.218. The predicted molar refractivity (Wildman–Crippen MR) is 147 cm³/mol. The molecule has 0 spiro atoms. The summed E-state index contributed by atoms with van der Waals surface area (Å²) in [4.78, 5) is 24.9. The molecule has 6 heteroatoms. The number of carbonyl (C=O) groups is 2. The molecule has 2 aliphatic heterocycles. The average molecular weight is 527 g/mol. The summed E-state index contributed by atoms with van der Waals surface area (Å²) in [5, 5.41) is 0. The van der Waals surface area contributed by atoms with Gasteiger partial charge < -0.3 is 18.9 Å². The molecule has 0 aromatic heterocycles. The van der Waals surface area contributed by atoms with Gasteiger partial charge in [0.05, 0.1) is 24.4 Å². The van der Waals surface area contributed by atoms with Gasteiger partial charge in [0.15, 0.2) is 0 Å². The van der Waals surface area contributed by atoms with Crippen LogP contribution in [0.4, 0.5) is 0 Å². The molecule has 4 aliphatic rings. The van der Waals surface area contributed by atoms with E-state index in [9.17, 15) is 9.59 Å². The Labute approximate surface area is 228 Å². The van der Waals surface area contributed by atoms with E-state index in [2.05, 4.69) is 41.5 Å². The van der Waals surface area contributed by atoms with E-state index >= 15 is 0 Å². The standard InChI is InChI=1S/C32H46O6/c1-31(2,3)26-18-16-23(19-35-29(33)21-11-7-8-12-21)37-27(26)25-17-15-24(38-28(25)32(4,5)6)20-36-30(34)22-13-9-10-14-22/h7-11,13,23-28H,12,14-20H2,1-6H3. The maximum Gasteiger partial charge on any atom is 0.334 e. The quantitative estimate of drug-likeness (QED) is 0.365. The zero-order valence-electron chi connectivity index (χ0n) is 24.0. The second-order valence-corrected chi connectivity index (χ2v) is 13.4. The fourth-order valence-corrected chi connectivity index (χ4v) is 6.29. The maximum absolute atomic E-state index is 12.5. The fourth-order valence-electron chi connectivity index (χ4n) is 6.29. The fraction of sp³-hybridized carbons (Fsp3) is 0.688. The van der Waals surface area contributed by atoms with Crippen molar-refractivity contribution in [3.63, 3.8) is 0 Å². The Kier molecular flexibility index (Phi) is 9.03. The normalized spacial score (nSPS) is 31.6. The molecule has 2 aliphatic carbocycles. The van der Waals surface area contributed by atoms with Crippen LogP contribution in [0.1, 0.15) is 80.1 Å². The zero-order valence-corrected chi connectivity index (χ0v) is 24.0. The van der Waals surface area contributed by atoms with E-state index in [1.165, 1.54) is 0 Å². The van der Waals surface area contributed by atoms with Crippen LogP contribution in [-0.2, 0) is 28.5 Å². The molecule has 0 saturated carbocycles. The summed E-state index contributed by atoms with van der Waals surface area (Å²) in [7, 11) is 0. The molecule has 6 atom stereocenters. The van der Waals surface area contributed by atoms with Crippen LogP contribution in [-0.4, -0.2) is 49.6 Å².